The van der Waals surface area contributed by atoms with Crippen LogP contribution in [-0.2, 0) is 22.6 Å². The zero-order valence-corrected chi connectivity index (χ0v) is 18.3. The van der Waals surface area contributed by atoms with E-state index in [-0.39, 0.29) is 6.54 Å². The van der Waals surface area contributed by atoms with Crippen molar-refractivity contribution in [2.75, 3.05) is 31.1 Å². The second-order valence-corrected chi connectivity index (χ2v) is 8.55. The number of para-hydroxylation sites is 1. The number of anilines is 1. The van der Waals surface area contributed by atoms with Gasteiger partial charge < -0.3 is 25.3 Å². The molecule has 0 spiro atoms. The summed E-state index contributed by atoms with van der Waals surface area (Å²) in [5, 5.41) is 25.6. The Morgan fingerprint density at radius 3 is 2.50 bits per heavy atom. The van der Waals surface area contributed by atoms with Crippen LogP contribution in [0.1, 0.15) is 17.4 Å². The summed E-state index contributed by atoms with van der Waals surface area (Å²) >= 11 is 7.74. The molecule has 3 rings (SSSR count). The molecule has 7 nitrogen and oxygen atoms in total. The number of nitrogens with zero attached hydrogens (tertiary/aromatic N) is 2. The Hall–Kier alpha value is -2.13. The van der Waals surface area contributed by atoms with Crippen molar-refractivity contribution in [1.29, 1.82) is 0 Å². The second-order valence-electron chi connectivity index (χ2n) is 7.15. The first-order valence-corrected chi connectivity index (χ1v) is 11.1. The summed E-state index contributed by atoms with van der Waals surface area (Å²) in [6, 6.07) is 9.47. The van der Waals surface area contributed by atoms with Gasteiger partial charge in [0, 0.05) is 31.1 Å². The average molecular weight is 452 g/mol. The van der Waals surface area contributed by atoms with Gasteiger partial charge in [0.05, 0.1) is 17.3 Å². The van der Waals surface area contributed by atoms with Crippen molar-refractivity contribution in [3.05, 3.63) is 51.2 Å². The van der Waals surface area contributed by atoms with Crippen molar-refractivity contribution in [3.63, 3.8) is 0 Å². The van der Waals surface area contributed by atoms with Gasteiger partial charge in [-0.05, 0) is 35.6 Å². The standard InChI is InChI=1S/C21H26ClN3O4S/c1-2-14-11-15(30-13-14)12-23-20(28)18(26)19(27)21(29)25-9-7-24(8-10-25)17-6-4-3-5-16(17)22/h3-6,11,13,18-19,26-27H,2,7-10,12H2,1H3,(H,23,28)/t18-,19-/m1/s1. The summed E-state index contributed by atoms with van der Waals surface area (Å²) < 4.78 is 0. The molecule has 162 valence electrons. The first-order chi connectivity index (χ1) is 14.4. The zero-order chi connectivity index (χ0) is 21.7. The van der Waals surface area contributed by atoms with E-state index in [9.17, 15) is 19.8 Å². The highest BCUT2D eigenvalue weighted by Gasteiger charge is 2.34. The predicted octanol–water partition coefficient (Wildman–Crippen LogP) is 1.65. The van der Waals surface area contributed by atoms with Gasteiger partial charge in [0.2, 0.25) is 0 Å². The van der Waals surface area contributed by atoms with E-state index in [0.717, 1.165) is 17.0 Å². The highest BCUT2D eigenvalue weighted by atomic mass is 35.5. The summed E-state index contributed by atoms with van der Waals surface area (Å²) in [5.41, 5.74) is 2.07. The lowest BCUT2D eigenvalue weighted by molar-refractivity contribution is -0.153. The maximum Gasteiger partial charge on any atom is 0.254 e. The fourth-order valence-electron chi connectivity index (χ4n) is 3.32. The Balaban J connectivity index is 1.49. The van der Waals surface area contributed by atoms with Crippen LogP contribution in [0.15, 0.2) is 35.7 Å². The summed E-state index contributed by atoms with van der Waals surface area (Å²) in [6.45, 7) is 4.11. The second kappa shape index (κ2) is 10.3. The van der Waals surface area contributed by atoms with Gasteiger partial charge in [-0.2, -0.15) is 0 Å². The lowest BCUT2D eigenvalue weighted by Gasteiger charge is -2.37. The van der Waals surface area contributed by atoms with E-state index in [1.165, 1.54) is 21.8 Å². The molecule has 1 fully saturated rings. The number of benzene rings is 1. The van der Waals surface area contributed by atoms with E-state index in [1.54, 1.807) is 0 Å². The van der Waals surface area contributed by atoms with E-state index in [2.05, 4.69) is 10.2 Å². The third kappa shape index (κ3) is 5.31. The molecule has 0 unspecified atom stereocenters. The summed E-state index contributed by atoms with van der Waals surface area (Å²) in [7, 11) is 0. The number of hydrogen-bond acceptors (Lipinski definition) is 6. The number of aliphatic hydroxyl groups excluding tert-OH is 2. The van der Waals surface area contributed by atoms with E-state index < -0.39 is 24.0 Å². The Morgan fingerprint density at radius 2 is 1.87 bits per heavy atom. The Morgan fingerprint density at radius 1 is 1.17 bits per heavy atom. The molecule has 0 aliphatic carbocycles. The van der Waals surface area contributed by atoms with Crippen LogP contribution in [0.25, 0.3) is 0 Å². The van der Waals surface area contributed by atoms with Crippen LogP contribution in [0.5, 0.6) is 0 Å². The van der Waals surface area contributed by atoms with Crippen LogP contribution in [-0.4, -0.2) is 65.3 Å². The molecule has 1 aromatic carbocycles. The molecule has 9 heteroatoms. The third-order valence-corrected chi connectivity index (χ3v) is 6.46. The molecular formula is C21H26ClN3O4S. The number of halogens is 1. The molecular weight excluding hydrogens is 426 g/mol. The van der Waals surface area contributed by atoms with Crippen molar-refractivity contribution in [2.24, 2.45) is 0 Å². The summed E-state index contributed by atoms with van der Waals surface area (Å²) in [5.74, 6) is -1.42. The zero-order valence-electron chi connectivity index (χ0n) is 16.8. The van der Waals surface area contributed by atoms with E-state index >= 15 is 0 Å². The van der Waals surface area contributed by atoms with Crippen molar-refractivity contribution in [1.82, 2.24) is 10.2 Å². The van der Waals surface area contributed by atoms with Gasteiger partial charge in [0.1, 0.15) is 0 Å². The van der Waals surface area contributed by atoms with Crippen molar-refractivity contribution in [3.8, 4) is 0 Å². The van der Waals surface area contributed by atoms with Gasteiger partial charge in [-0.3, -0.25) is 9.59 Å². The molecule has 1 saturated heterocycles. The number of carbonyl (C=O) groups is 2. The number of hydrogen-bond donors (Lipinski definition) is 3. The van der Waals surface area contributed by atoms with Crippen molar-refractivity contribution in [2.45, 2.75) is 32.1 Å². The van der Waals surface area contributed by atoms with Gasteiger partial charge >= 0.3 is 0 Å². The highest BCUT2D eigenvalue weighted by Crippen LogP contribution is 2.26. The fraction of sp³-hybridized carbons (Fsp3) is 0.429. The van der Waals surface area contributed by atoms with Crippen molar-refractivity contribution >= 4 is 40.4 Å². The van der Waals surface area contributed by atoms with Gasteiger partial charge in [0.25, 0.3) is 11.8 Å². The van der Waals surface area contributed by atoms with Gasteiger partial charge in [-0.15, -0.1) is 11.3 Å². The molecule has 30 heavy (non-hydrogen) atoms. The maximum atomic E-state index is 12.6. The number of carbonyl (C=O) groups excluding carboxylic acids is 2. The Kier molecular flexibility index (Phi) is 7.71. The number of piperazine rings is 1. The lowest BCUT2D eigenvalue weighted by atomic mass is 10.1. The largest absolute Gasteiger partial charge is 0.380 e. The summed E-state index contributed by atoms with van der Waals surface area (Å²) in [4.78, 5) is 29.2. The molecule has 2 heterocycles. The maximum absolute atomic E-state index is 12.6. The van der Waals surface area contributed by atoms with E-state index in [1.807, 2.05) is 42.6 Å². The topological polar surface area (TPSA) is 93.1 Å². The first kappa shape index (κ1) is 22.6. The minimum atomic E-state index is -1.82. The third-order valence-electron chi connectivity index (χ3n) is 5.16. The molecule has 1 aliphatic rings. The van der Waals surface area contributed by atoms with Crippen LogP contribution in [0, 0.1) is 0 Å². The van der Waals surface area contributed by atoms with Crippen LogP contribution >= 0.6 is 22.9 Å². The molecule has 0 saturated carbocycles. The number of thiophene rings is 1. The number of amides is 2. The minimum absolute atomic E-state index is 0.248. The number of rotatable bonds is 7. The predicted molar refractivity (Wildman–Crippen MR) is 118 cm³/mol. The molecule has 0 bridgehead atoms. The van der Waals surface area contributed by atoms with E-state index in [4.69, 9.17) is 11.6 Å². The first-order valence-electron chi connectivity index (χ1n) is 9.89. The Bertz CT molecular complexity index is 883. The molecule has 1 aliphatic heterocycles. The average Bonchev–Trinajstić information content (AvgIpc) is 3.24. The highest BCUT2D eigenvalue weighted by molar-refractivity contribution is 7.10. The normalized spacial score (nSPS) is 16.3. The van der Waals surface area contributed by atoms with Gasteiger partial charge in [-0.1, -0.05) is 30.7 Å². The smallest absolute Gasteiger partial charge is 0.254 e. The van der Waals surface area contributed by atoms with Crippen LogP contribution in [0.2, 0.25) is 5.02 Å². The van der Waals surface area contributed by atoms with Crippen LogP contribution in [0.3, 0.4) is 0 Å². The molecule has 3 N–H and O–H groups in total. The summed E-state index contributed by atoms with van der Waals surface area (Å²) in [6.07, 6.45) is -2.71. The molecule has 2 atom stereocenters. The number of aliphatic hydroxyl groups is 2. The van der Waals surface area contributed by atoms with Gasteiger partial charge in [-0.25, -0.2) is 0 Å². The Labute approximate surface area is 184 Å². The van der Waals surface area contributed by atoms with Crippen LogP contribution in [0.4, 0.5) is 5.69 Å². The van der Waals surface area contributed by atoms with Crippen molar-refractivity contribution < 1.29 is 19.8 Å². The fourth-order valence-corrected chi connectivity index (χ4v) is 4.49. The monoisotopic (exact) mass is 451 g/mol. The number of nitrogens with one attached hydrogen (secondary N) is 1. The SMILES string of the molecule is CCc1csc(CNC(=O)[C@H](O)[C@@H](O)C(=O)N2CCN(c3ccccc3Cl)CC2)c1. The molecule has 1 aromatic heterocycles. The lowest BCUT2D eigenvalue weighted by Crippen LogP contribution is -2.55. The molecule has 2 aromatic rings. The van der Waals surface area contributed by atoms with Gasteiger partial charge in [0.15, 0.2) is 12.2 Å². The van der Waals surface area contributed by atoms with Crippen LogP contribution < -0.4 is 10.2 Å². The van der Waals surface area contributed by atoms with E-state index in [0.29, 0.717) is 31.2 Å². The molecule has 2 amide bonds. The minimum Gasteiger partial charge on any atom is -0.380 e. The quantitative estimate of drug-likeness (QED) is 0.595. The number of aryl methyl sites for hydroxylation is 1. The molecule has 0 radical (unpaired) electrons.